The smallest absolute Gasteiger partial charge is 0.356 e. The van der Waals surface area contributed by atoms with Crippen LogP contribution in [0.4, 0.5) is 0 Å². The summed E-state index contributed by atoms with van der Waals surface area (Å²) in [6.45, 7) is 2.15. The van der Waals surface area contributed by atoms with Gasteiger partial charge in [-0.15, -0.1) is 11.8 Å². The number of pyridine rings is 1. The lowest BCUT2D eigenvalue weighted by Crippen LogP contribution is -2.06. The molecule has 70 valence electrons. The maximum Gasteiger partial charge on any atom is 0.356 e. The summed E-state index contributed by atoms with van der Waals surface area (Å²) in [5.74, 6) is -0.363. The predicted molar refractivity (Wildman–Crippen MR) is 52.0 cm³/mol. The zero-order valence-corrected chi connectivity index (χ0v) is 8.43. The molecular weight excluding hydrogens is 186 g/mol. The Kier molecular flexibility index (Phi) is 3.76. The number of carbonyl (C=O) groups is 1. The average molecular weight is 197 g/mol. The molecule has 13 heavy (non-hydrogen) atoms. The first kappa shape index (κ1) is 10.1. The highest BCUT2D eigenvalue weighted by atomic mass is 32.2. The Morgan fingerprint density at radius 1 is 1.62 bits per heavy atom. The highest BCUT2D eigenvalue weighted by molar-refractivity contribution is 7.98. The van der Waals surface area contributed by atoms with E-state index in [0.29, 0.717) is 12.3 Å². The molecule has 0 N–H and O–H groups in total. The number of aromatic nitrogens is 1. The Balaban J connectivity index is 2.82. The Labute approximate surface area is 81.5 Å². The van der Waals surface area contributed by atoms with Crippen molar-refractivity contribution in [2.24, 2.45) is 0 Å². The molecule has 1 heterocycles. The van der Waals surface area contributed by atoms with Crippen molar-refractivity contribution in [2.75, 3.05) is 12.9 Å². The molecule has 4 heteroatoms. The highest BCUT2D eigenvalue weighted by Gasteiger charge is 2.07. The monoisotopic (exact) mass is 197 g/mol. The molecule has 0 saturated heterocycles. The molecule has 0 unspecified atom stereocenters. The largest absolute Gasteiger partial charge is 0.461 e. The molecule has 1 aromatic rings. The van der Waals surface area contributed by atoms with E-state index in [1.807, 2.05) is 12.3 Å². The number of hydrogen-bond acceptors (Lipinski definition) is 4. The summed E-state index contributed by atoms with van der Waals surface area (Å²) in [6, 6.07) is 5.30. The number of thioether (sulfide) groups is 1. The van der Waals surface area contributed by atoms with Crippen LogP contribution >= 0.6 is 11.8 Å². The standard InChI is InChI=1S/C9H11NO2S/c1-3-12-9(11)7-5-4-6-8(10-7)13-2/h4-6H,3H2,1-2H3. The molecule has 1 aromatic heterocycles. The summed E-state index contributed by atoms with van der Waals surface area (Å²) in [5.41, 5.74) is 0.369. The summed E-state index contributed by atoms with van der Waals surface area (Å²) >= 11 is 1.50. The van der Waals surface area contributed by atoms with Crippen molar-refractivity contribution < 1.29 is 9.53 Å². The molecule has 0 aliphatic carbocycles. The molecule has 0 atom stereocenters. The van der Waals surface area contributed by atoms with Crippen LogP contribution < -0.4 is 0 Å². The third-order valence-electron chi connectivity index (χ3n) is 1.42. The third kappa shape index (κ3) is 2.73. The van der Waals surface area contributed by atoms with Gasteiger partial charge in [0.2, 0.25) is 0 Å². The van der Waals surface area contributed by atoms with Crippen LogP contribution in [0.25, 0.3) is 0 Å². The second-order valence-electron chi connectivity index (χ2n) is 2.29. The van der Waals surface area contributed by atoms with E-state index < -0.39 is 0 Å². The molecular formula is C9H11NO2S. The van der Waals surface area contributed by atoms with Gasteiger partial charge in [0.1, 0.15) is 5.69 Å². The Morgan fingerprint density at radius 3 is 3.00 bits per heavy atom. The van der Waals surface area contributed by atoms with Crippen molar-refractivity contribution in [2.45, 2.75) is 11.9 Å². The summed E-state index contributed by atoms with van der Waals surface area (Å²) in [4.78, 5) is 15.3. The first-order valence-electron chi connectivity index (χ1n) is 3.96. The molecule has 0 aliphatic heterocycles. The summed E-state index contributed by atoms with van der Waals surface area (Å²) in [6.07, 6.45) is 1.91. The van der Waals surface area contributed by atoms with Gasteiger partial charge in [-0.05, 0) is 25.3 Å². The van der Waals surface area contributed by atoms with E-state index >= 15 is 0 Å². The van der Waals surface area contributed by atoms with Gasteiger partial charge >= 0.3 is 5.97 Å². The van der Waals surface area contributed by atoms with Crippen molar-refractivity contribution in [3.63, 3.8) is 0 Å². The molecule has 0 aromatic carbocycles. The van der Waals surface area contributed by atoms with E-state index in [-0.39, 0.29) is 5.97 Å². The number of nitrogens with zero attached hydrogens (tertiary/aromatic N) is 1. The van der Waals surface area contributed by atoms with Crippen LogP contribution in [0, 0.1) is 0 Å². The minimum atomic E-state index is -0.363. The molecule has 3 nitrogen and oxygen atoms in total. The third-order valence-corrected chi connectivity index (χ3v) is 2.06. The molecule has 0 amide bonds. The normalized spacial score (nSPS) is 9.69. The Morgan fingerprint density at radius 2 is 2.38 bits per heavy atom. The minimum Gasteiger partial charge on any atom is -0.461 e. The van der Waals surface area contributed by atoms with E-state index in [0.717, 1.165) is 5.03 Å². The van der Waals surface area contributed by atoms with Gasteiger partial charge in [0, 0.05) is 0 Å². The first-order valence-corrected chi connectivity index (χ1v) is 5.18. The fourth-order valence-corrected chi connectivity index (χ4v) is 1.25. The Bertz CT molecular complexity index is 301. The van der Waals surface area contributed by atoms with Crippen molar-refractivity contribution in [3.05, 3.63) is 23.9 Å². The van der Waals surface area contributed by atoms with Crippen LogP contribution in [0.3, 0.4) is 0 Å². The van der Waals surface area contributed by atoms with Gasteiger partial charge in [-0.25, -0.2) is 9.78 Å². The van der Waals surface area contributed by atoms with Gasteiger partial charge in [-0.1, -0.05) is 6.07 Å². The maximum absolute atomic E-state index is 11.2. The highest BCUT2D eigenvalue weighted by Crippen LogP contribution is 2.11. The number of ether oxygens (including phenoxy) is 1. The van der Waals surface area contributed by atoms with Crippen LogP contribution in [0.2, 0.25) is 0 Å². The van der Waals surface area contributed by atoms with Crippen LogP contribution in [0.1, 0.15) is 17.4 Å². The van der Waals surface area contributed by atoms with Gasteiger partial charge in [0.15, 0.2) is 0 Å². The SMILES string of the molecule is CCOC(=O)c1cccc(SC)n1. The zero-order chi connectivity index (χ0) is 9.68. The Hall–Kier alpha value is -1.03. The fourth-order valence-electron chi connectivity index (χ4n) is 0.847. The lowest BCUT2D eigenvalue weighted by Gasteiger charge is -2.01. The van der Waals surface area contributed by atoms with Crippen molar-refractivity contribution in [1.82, 2.24) is 4.98 Å². The van der Waals surface area contributed by atoms with E-state index in [1.165, 1.54) is 11.8 Å². The second kappa shape index (κ2) is 4.87. The molecule has 1 rings (SSSR count). The minimum absolute atomic E-state index is 0.363. The van der Waals surface area contributed by atoms with E-state index in [9.17, 15) is 4.79 Å². The fraction of sp³-hybridized carbons (Fsp3) is 0.333. The van der Waals surface area contributed by atoms with Crippen LogP contribution in [0.15, 0.2) is 23.2 Å². The lowest BCUT2D eigenvalue weighted by atomic mass is 10.3. The van der Waals surface area contributed by atoms with Crippen LogP contribution in [-0.4, -0.2) is 23.8 Å². The molecule has 0 saturated carbocycles. The molecule has 0 spiro atoms. The van der Waals surface area contributed by atoms with Gasteiger partial charge < -0.3 is 4.74 Å². The number of carbonyl (C=O) groups excluding carboxylic acids is 1. The van der Waals surface area contributed by atoms with Gasteiger partial charge in [0.25, 0.3) is 0 Å². The van der Waals surface area contributed by atoms with Crippen molar-refractivity contribution >= 4 is 17.7 Å². The van der Waals surface area contributed by atoms with E-state index in [2.05, 4.69) is 4.98 Å². The first-order chi connectivity index (χ1) is 6.27. The van der Waals surface area contributed by atoms with Gasteiger partial charge in [-0.3, -0.25) is 0 Å². The van der Waals surface area contributed by atoms with Crippen LogP contribution in [0.5, 0.6) is 0 Å². The van der Waals surface area contributed by atoms with Crippen molar-refractivity contribution in [3.8, 4) is 0 Å². The molecule has 0 bridgehead atoms. The number of hydrogen-bond donors (Lipinski definition) is 0. The van der Waals surface area contributed by atoms with Gasteiger partial charge in [-0.2, -0.15) is 0 Å². The number of rotatable bonds is 3. The zero-order valence-electron chi connectivity index (χ0n) is 7.61. The maximum atomic E-state index is 11.2. The molecule has 0 radical (unpaired) electrons. The predicted octanol–water partition coefficient (Wildman–Crippen LogP) is 1.98. The topological polar surface area (TPSA) is 39.2 Å². The van der Waals surface area contributed by atoms with E-state index in [4.69, 9.17) is 4.74 Å². The molecule has 0 fully saturated rings. The van der Waals surface area contributed by atoms with Crippen LogP contribution in [-0.2, 0) is 4.74 Å². The average Bonchev–Trinajstić information content (AvgIpc) is 2.18. The summed E-state index contributed by atoms with van der Waals surface area (Å²) < 4.78 is 4.82. The summed E-state index contributed by atoms with van der Waals surface area (Å²) in [5, 5.41) is 0.825. The quantitative estimate of drug-likeness (QED) is 0.548. The van der Waals surface area contributed by atoms with Crippen molar-refractivity contribution in [1.29, 1.82) is 0 Å². The second-order valence-corrected chi connectivity index (χ2v) is 3.11. The summed E-state index contributed by atoms with van der Waals surface area (Å²) in [7, 11) is 0. The van der Waals surface area contributed by atoms with Gasteiger partial charge in [0.05, 0.1) is 11.6 Å². The lowest BCUT2D eigenvalue weighted by molar-refractivity contribution is 0.0518. The number of esters is 1. The van der Waals surface area contributed by atoms with E-state index in [1.54, 1.807) is 19.1 Å². The molecule has 0 aliphatic rings.